The smallest absolute Gasteiger partial charge is 0.251 e. The van der Waals surface area contributed by atoms with Crippen LogP contribution in [-0.4, -0.2) is 23.7 Å². The summed E-state index contributed by atoms with van der Waals surface area (Å²) in [5.41, 5.74) is 4.85. The zero-order valence-electron chi connectivity index (χ0n) is 23.3. The van der Waals surface area contributed by atoms with E-state index in [-0.39, 0.29) is 12.5 Å². The summed E-state index contributed by atoms with van der Waals surface area (Å²) in [5, 5.41) is 2.71. The number of rotatable bonds is 8. The molecule has 4 aromatic rings. The number of pyridine rings is 1. The molecule has 0 aliphatic carbocycles. The third kappa shape index (κ3) is 7.69. The van der Waals surface area contributed by atoms with E-state index in [2.05, 4.69) is 15.3 Å². The molecule has 3 aromatic carbocycles. The van der Waals surface area contributed by atoms with E-state index in [1.165, 1.54) is 12.1 Å². The van der Waals surface area contributed by atoms with Gasteiger partial charge in [0.2, 0.25) is 0 Å². The molecule has 0 spiro atoms. The fraction of sp³-hybridized carbons (Fsp3) is 0.182. The van der Waals surface area contributed by atoms with Gasteiger partial charge >= 0.3 is 0 Å². The molecule has 0 radical (unpaired) electrons. The summed E-state index contributed by atoms with van der Waals surface area (Å²) in [6.45, 7) is 7.72. The number of nitrogens with zero attached hydrogens (tertiary/aromatic N) is 2. The van der Waals surface area contributed by atoms with E-state index in [1.54, 1.807) is 44.4 Å². The Kier molecular flexibility index (Phi) is 10.8. The second-order valence-electron chi connectivity index (χ2n) is 8.56. The van der Waals surface area contributed by atoms with Crippen molar-refractivity contribution in [1.29, 1.82) is 0 Å². The lowest BCUT2D eigenvalue weighted by atomic mass is 10.0. The number of halogens is 2. The zero-order valence-corrected chi connectivity index (χ0v) is 23.3. The number of nitrogens with one attached hydrogen (secondary N) is 1. The molecule has 1 amide bonds. The molecule has 0 bridgehead atoms. The maximum absolute atomic E-state index is 13.5. The second kappa shape index (κ2) is 14.5. The summed E-state index contributed by atoms with van der Waals surface area (Å²) in [7, 11) is 1.76. The molecule has 1 heterocycles. The standard InChI is InChI=1S/C31H27F2N3O2.C2H6/c1-4-7-28(34-3)22-8-5-9-23(16-22)29-18-26(12-13-35-29)38-30-11-6-10-27(20(30)2)31(37)36-19-21-14-24(32)17-25(33)15-21;1-2/h4-18H,19H2,1-3H3,(H,36,37);1-2H3/b7-4-,34-28?;. The van der Waals surface area contributed by atoms with Crippen LogP contribution in [0.5, 0.6) is 11.5 Å². The topological polar surface area (TPSA) is 63.6 Å². The Hall–Kier alpha value is -4.65. The van der Waals surface area contributed by atoms with Gasteiger partial charge in [-0.25, -0.2) is 8.78 Å². The largest absolute Gasteiger partial charge is 0.457 e. The molecule has 0 saturated heterocycles. The van der Waals surface area contributed by atoms with E-state index in [4.69, 9.17) is 4.74 Å². The van der Waals surface area contributed by atoms with Gasteiger partial charge in [0.1, 0.15) is 23.1 Å². The van der Waals surface area contributed by atoms with Crippen LogP contribution in [0.4, 0.5) is 8.78 Å². The number of allylic oxidation sites excluding steroid dienone is 2. The van der Waals surface area contributed by atoms with E-state index < -0.39 is 11.6 Å². The molecule has 0 fully saturated rings. The molecule has 0 aliphatic heterocycles. The van der Waals surface area contributed by atoms with Crippen molar-refractivity contribution in [3.8, 4) is 22.8 Å². The predicted molar refractivity (Wildman–Crippen MR) is 157 cm³/mol. The number of benzene rings is 3. The molecule has 1 aromatic heterocycles. The molecule has 4 rings (SSSR count). The Bertz CT molecular complexity index is 1510. The maximum Gasteiger partial charge on any atom is 0.251 e. The van der Waals surface area contributed by atoms with E-state index in [0.29, 0.717) is 28.2 Å². The molecule has 0 saturated carbocycles. The van der Waals surface area contributed by atoms with Gasteiger partial charge in [-0.2, -0.15) is 0 Å². The summed E-state index contributed by atoms with van der Waals surface area (Å²) in [5.74, 6) is -0.690. The Morgan fingerprint density at radius 2 is 1.73 bits per heavy atom. The first kappa shape index (κ1) is 29.9. The Morgan fingerprint density at radius 3 is 2.42 bits per heavy atom. The molecule has 0 aliphatic rings. The first-order valence-electron chi connectivity index (χ1n) is 13.0. The van der Waals surface area contributed by atoms with Crippen LogP contribution in [0.25, 0.3) is 11.3 Å². The number of hydrogen-bond donors (Lipinski definition) is 1. The van der Waals surface area contributed by atoms with E-state index in [9.17, 15) is 13.6 Å². The highest BCUT2D eigenvalue weighted by Crippen LogP contribution is 2.30. The summed E-state index contributed by atoms with van der Waals surface area (Å²) >= 11 is 0. The number of aliphatic imine (C=N–C) groups is 1. The van der Waals surface area contributed by atoms with Gasteiger partial charge in [-0.1, -0.05) is 44.2 Å². The first-order chi connectivity index (χ1) is 19.4. The maximum atomic E-state index is 13.5. The highest BCUT2D eigenvalue weighted by molar-refractivity contribution is 6.09. The molecule has 5 nitrogen and oxygen atoms in total. The highest BCUT2D eigenvalue weighted by Gasteiger charge is 2.14. The van der Waals surface area contributed by atoms with Gasteiger partial charge in [0.15, 0.2) is 0 Å². The molecule has 1 N–H and O–H groups in total. The molecular formula is C33H33F2N3O2. The third-order valence-corrected chi connectivity index (χ3v) is 5.88. The van der Waals surface area contributed by atoms with Gasteiger partial charge in [-0.3, -0.25) is 14.8 Å². The highest BCUT2D eigenvalue weighted by atomic mass is 19.1. The lowest BCUT2D eigenvalue weighted by Gasteiger charge is -2.13. The van der Waals surface area contributed by atoms with Gasteiger partial charge in [0.25, 0.3) is 5.91 Å². The van der Waals surface area contributed by atoms with Crippen LogP contribution in [0.1, 0.15) is 47.8 Å². The van der Waals surface area contributed by atoms with E-state index in [0.717, 1.165) is 28.6 Å². The Labute approximate surface area is 234 Å². The normalized spacial score (nSPS) is 11.1. The molecule has 7 heteroatoms. The average molecular weight is 542 g/mol. The fourth-order valence-electron chi connectivity index (χ4n) is 4.02. The SMILES string of the molecule is C/C=C\C(=NC)c1cccc(-c2cc(Oc3cccc(C(=O)NCc4cc(F)cc(F)c4)c3C)ccn2)c1.CC. The number of amides is 1. The molecule has 206 valence electrons. The average Bonchev–Trinajstić information content (AvgIpc) is 2.96. The van der Waals surface area contributed by atoms with Crippen molar-refractivity contribution >= 4 is 11.6 Å². The van der Waals surface area contributed by atoms with Crippen molar-refractivity contribution in [2.75, 3.05) is 7.05 Å². The van der Waals surface area contributed by atoms with Crippen molar-refractivity contribution in [2.45, 2.75) is 34.2 Å². The zero-order chi connectivity index (χ0) is 29.1. The predicted octanol–water partition coefficient (Wildman–Crippen LogP) is 8.08. The molecule has 40 heavy (non-hydrogen) atoms. The van der Waals surface area contributed by atoms with Crippen LogP contribution in [-0.2, 0) is 6.54 Å². The van der Waals surface area contributed by atoms with Gasteiger partial charge in [0.05, 0.1) is 11.4 Å². The summed E-state index contributed by atoms with van der Waals surface area (Å²) in [4.78, 5) is 21.7. The Balaban J connectivity index is 0.00000216. The van der Waals surface area contributed by atoms with Crippen LogP contribution in [0.2, 0.25) is 0 Å². The van der Waals surface area contributed by atoms with Gasteiger partial charge in [-0.15, -0.1) is 0 Å². The van der Waals surface area contributed by atoms with Crippen molar-refractivity contribution < 1.29 is 18.3 Å². The fourth-order valence-corrected chi connectivity index (χ4v) is 4.02. The second-order valence-corrected chi connectivity index (χ2v) is 8.56. The summed E-state index contributed by atoms with van der Waals surface area (Å²) in [6.07, 6.45) is 5.57. The lowest BCUT2D eigenvalue weighted by molar-refractivity contribution is 0.0949. The van der Waals surface area contributed by atoms with Gasteiger partial charge in [-0.05, 0) is 61.9 Å². The van der Waals surface area contributed by atoms with Crippen molar-refractivity contribution in [2.24, 2.45) is 4.99 Å². The number of hydrogen-bond acceptors (Lipinski definition) is 4. The minimum atomic E-state index is -0.694. The summed E-state index contributed by atoms with van der Waals surface area (Å²) < 4.78 is 33.1. The quantitative estimate of drug-likeness (QED) is 0.229. The van der Waals surface area contributed by atoms with Crippen molar-refractivity contribution in [3.63, 3.8) is 0 Å². The van der Waals surface area contributed by atoms with Gasteiger partial charge < -0.3 is 10.1 Å². The molecule has 0 atom stereocenters. The van der Waals surface area contributed by atoms with Crippen LogP contribution in [0.15, 0.2) is 96.1 Å². The van der Waals surface area contributed by atoms with E-state index >= 15 is 0 Å². The number of aromatic nitrogens is 1. The molecule has 0 unspecified atom stereocenters. The first-order valence-corrected chi connectivity index (χ1v) is 13.0. The monoisotopic (exact) mass is 541 g/mol. The van der Waals surface area contributed by atoms with Crippen LogP contribution in [0, 0.1) is 18.6 Å². The van der Waals surface area contributed by atoms with Crippen molar-refractivity contribution in [3.05, 3.63) is 125 Å². The number of carbonyl (C=O) groups excluding carboxylic acids is 1. The third-order valence-electron chi connectivity index (χ3n) is 5.88. The molecular weight excluding hydrogens is 508 g/mol. The van der Waals surface area contributed by atoms with Crippen LogP contribution in [0.3, 0.4) is 0 Å². The minimum Gasteiger partial charge on any atom is -0.457 e. The number of carbonyl (C=O) groups is 1. The van der Waals surface area contributed by atoms with Crippen LogP contribution >= 0.6 is 0 Å². The number of ether oxygens (including phenoxy) is 1. The Morgan fingerprint density at radius 1 is 1.00 bits per heavy atom. The van der Waals surface area contributed by atoms with E-state index in [1.807, 2.05) is 63.3 Å². The lowest BCUT2D eigenvalue weighted by Crippen LogP contribution is -2.23. The van der Waals surface area contributed by atoms with Gasteiger partial charge in [0, 0.05) is 54.2 Å². The summed E-state index contributed by atoms with van der Waals surface area (Å²) in [6, 6.07) is 19.9. The van der Waals surface area contributed by atoms with Crippen molar-refractivity contribution in [1.82, 2.24) is 10.3 Å². The van der Waals surface area contributed by atoms with Crippen LogP contribution < -0.4 is 10.1 Å². The minimum absolute atomic E-state index is 0.0106.